The largest absolute Gasteiger partial charge is 0.462 e. The third-order valence-corrected chi connectivity index (χ3v) is 6.55. The molecule has 6 nitrogen and oxygen atoms in total. The van der Waals surface area contributed by atoms with Crippen molar-refractivity contribution < 1.29 is 24.2 Å². The number of aliphatic hydroxyl groups excluding tert-OH is 1. The molecule has 192 valence electrons. The molecule has 1 aromatic rings. The Morgan fingerprint density at radius 1 is 1.20 bits per heavy atom. The zero-order valence-electron chi connectivity index (χ0n) is 21.1. The summed E-state index contributed by atoms with van der Waals surface area (Å²) in [7, 11) is 0. The molecule has 1 aliphatic rings. The number of aldehydes is 1. The number of allylic oxidation sites excluding steroid dienone is 3. The third kappa shape index (κ3) is 10.2. The van der Waals surface area contributed by atoms with Gasteiger partial charge in [0.2, 0.25) is 5.91 Å². The molecule has 35 heavy (non-hydrogen) atoms. The zero-order chi connectivity index (χ0) is 25.5. The van der Waals surface area contributed by atoms with Gasteiger partial charge in [-0.25, -0.2) is 0 Å². The van der Waals surface area contributed by atoms with E-state index in [1.807, 2.05) is 37.3 Å². The van der Waals surface area contributed by atoms with Crippen LogP contribution < -0.4 is 5.32 Å². The lowest BCUT2D eigenvalue weighted by Gasteiger charge is -2.22. The maximum atomic E-state index is 12.0. The molecule has 5 unspecified atom stereocenters. The van der Waals surface area contributed by atoms with E-state index >= 15 is 0 Å². The first-order valence-electron chi connectivity index (χ1n) is 12.9. The van der Waals surface area contributed by atoms with Gasteiger partial charge >= 0.3 is 5.97 Å². The van der Waals surface area contributed by atoms with Crippen LogP contribution in [-0.4, -0.2) is 42.0 Å². The highest BCUT2D eigenvalue weighted by Crippen LogP contribution is 2.38. The average Bonchev–Trinajstić information content (AvgIpc) is 3.15. The Morgan fingerprint density at radius 2 is 1.97 bits per heavy atom. The number of carbonyl (C=O) groups is 3. The predicted molar refractivity (Wildman–Crippen MR) is 138 cm³/mol. The predicted octanol–water partition coefficient (Wildman–Crippen LogP) is 4.56. The molecule has 1 aliphatic carbocycles. The van der Waals surface area contributed by atoms with Gasteiger partial charge in [0.05, 0.1) is 6.10 Å². The highest BCUT2D eigenvalue weighted by molar-refractivity contribution is 5.75. The van der Waals surface area contributed by atoms with Gasteiger partial charge in [0, 0.05) is 43.6 Å². The maximum Gasteiger partial charge on any atom is 0.305 e. The van der Waals surface area contributed by atoms with Crippen molar-refractivity contribution >= 4 is 18.2 Å². The van der Waals surface area contributed by atoms with E-state index in [-0.39, 0.29) is 35.7 Å². The number of hydrogen-bond acceptors (Lipinski definition) is 5. The highest BCUT2D eigenvalue weighted by Gasteiger charge is 2.42. The van der Waals surface area contributed by atoms with Crippen molar-refractivity contribution in [2.75, 3.05) is 6.54 Å². The third-order valence-electron chi connectivity index (χ3n) is 6.55. The van der Waals surface area contributed by atoms with E-state index in [2.05, 4.69) is 29.6 Å². The molecule has 0 bridgehead atoms. The average molecular weight is 484 g/mol. The number of esters is 1. The van der Waals surface area contributed by atoms with Crippen molar-refractivity contribution in [3.63, 3.8) is 0 Å². The smallest absolute Gasteiger partial charge is 0.305 e. The first-order chi connectivity index (χ1) is 17.0. The molecule has 0 saturated heterocycles. The number of benzene rings is 1. The summed E-state index contributed by atoms with van der Waals surface area (Å²) >= 11 is 0. The summed E-state index contributed by atoms with van der Waals surface area (Å²) in [5, 5.41) is 13.6. The Hall–Kier alpha value is -2.73. The van der Waals surface area contributed by atoms with Gasteiger partial charge in [-0.05, 0) is 44.6 Å². The summed E-state index contributed by atoms with van der Waals surface area (Å²) in [6, 6.07) is 10.1. The van der Waals surface area contributed by atoms with Crippen LogP contribution in [0.2, 0.25) is 0 Å². The van der Waals surface area contributed by atoms with Crippen LogP contribution in [0.1, 0.15) is 64.4 Å². The second kappa shape index (κ2) is 16.0. The van der Waals surface area contributed by atoms with E-state index in [4.69, 9.17) is 4.74 Å². The Kier molecular flexibility index (Phi) is 13.1. The molecule has 0 spiro atoms. The number of amides is 1. The molecule has 1 amide bonds. The number of aliphatic hydroxyl groups is 1. The lowest BCUT2D eigenvalue weighted by molar-refractivity contribution is -0.150. The van der Waals surface area contributed by atoms with Gasteiger partial charge in [-0.2, -0.15) is 0 Å². The van der Waals surface area contributed by atoms with Crippen LogP contribution in [0, 0.1) is 17.8 Å². The van der Waals surface area contributed by atoms with E-state index in [0.717, 1.165) is 25.5 Å². The van der Waals surface area contributed by atoms with Crippen LogP contribution in [0.25, 0.3) is 0 Å². The SMILES string of the molecule is CCNC(=O)CCCC=CCC1C(OC(=O)CC)CC(O)C1C=CC(C=O)CCc1ccccc1. The Labute approximate surface area is 209 Å². The number of unbranched alkanes of at least 4 members (excludes halogenated alkanes) is 1. The van der Waals surface area contributed by atoms with Crippen LogP contribution in [-0.2, 0) is 25.5 Å². The molecule has 0 radical (unpaired) electrons. The van der Waals surface area contributed by atoms with E-state index in [1.165, 1.54) is 5.56 Å². The molecular formula is C29H41NO5. The van der Waals surface area contributed by atoms with Gasteiger partial charge in [-0.15, -0.1) is 0 Å². The van der Waals surface area contributed by atoms with Crippen molar-refractivity contribution in [2.24, 2.45) is 17.8 Å². The monoisotopic (exact) mass is 483 g/mol. The minimum absolute atomic E-state index is 0.0576. The molecular weight excluding hydrogens is 442 g/mol. The summed E-state index contributed by atoms with van der Waals surface area (Å²) in [6.07, 6.45) is 12.9. The van der Waals surface area contributed by atoms with Gasteiger partial charge < -0.3 is 20.0 Å². The van der Waals surface area contributed by atoms with Crippen LogP contribution >= 0.6 is 0 Å². The quantitative estimate of drug-likeness (QED) is 0.165. The van der Waals surface area contributed by atoms with E-state index in [1.54, 1.807) is 6.92 Å². The van der Waals surface area contributed by atoms with Crippen LogP contribution in [0.3, 0.4) is 0 Å². The fourth-order valence-corrected chi connectivity index (χ4v) is 4.57. The molecule has 1 saturated carbocycles. The lowest BCUT2D eigenvalue weighted by Crippen LogP contribution is -2.24. The molecule has 5 atom stereocenters. The summed E-state index contributed by atoms with van der Waals surface area (Å²) < 4.78 is 5.66. The number of aryl methyl sites for hydroxylation is 1. The molecule has 0 aliphatic heterocycles. The fraction of sp³-hybridized carbons (Fsp3) is 0.552. The minimum atomic E-state index is -0.626. The number of ether oxygens (including phenoxy) is 1. The van der Waals surface area contributed by atoms with Gasteiger partial charge in [0.25, 0.3) is 0 Å². The number of carbonyl (C=O) groups excluding carboxylic acids is 3. The molecule has 6 heteroatoms. The molecule has 0 heterocycles. The van der Waals surface area contributed by atoms with Gasteiger partial charge in [-0.1, -0.05) is 61.6 Å². The normalized spacial score (nSPS) is 22.9. The van der Waals surface area contributed by atoms with Crippen molar-refractivity contribution in [3.05, 3.63) is 60.2 Å². The maximum absolute atomic E-state index is 12.0. The second-order valence-corrected chi connectivity index (χ2v) is 9.19. The van der Waals surface area contributed by atoms with Crippen molar-refractivity contribution in [2.45, 2.75) is 77.4 Å². The van der Waals surface area contributed by atoms with Gasteiger partial charge in [-0.3, -0.25) is 9.59 Å². The highest BCUT2D eigenvalue weighted by atomic mass is 16.5. The number of rotatable bonds is 15. The molecule has 2 N–H and O–H groups in total. The topological polar surface area (TPSA) is 92.7 Å². The standard InChI is InChI=1S/C29H41NO5/c1-3-29(34)35-27-20-26(32)24(25(27)14-10-5-6-11-15-28(33)30-4-2)19-18-23(21-31)17-16-22-12-8-7-9-13-22/h5,7-10,12-13,18-19,21,23-27,32H,3-4,6,11,14-17,20H2,1-2H3,(H,30,33). The molecule has 1 aromatic carbocycles. The van der Waals surface area contributed by atoms with Gasteiger partial charge in [0.15, 0.2) is 0 Å². The Balaban J connectivity index is 1.99. The van der Waals surface area contributed by atoms with Crippen LogP contribution in [0.5, 0.6) is 0 Å². The van der Waals surface area contributed by atoms with Crippen LogP contribution in [0.4, 0.5) is 0 Å². The van der Waals surface area contributed by atoms with E-state index < -0.39 is 6.10 Å². The lowest BCUT2D eigenvalue weighted by atomic mass is 9.88. The summed E-state index contributed by atoms with van der Waals surface area (Å²) in [5.74, 6) is -0.684. The summed E-state index contributed by atoms with van der Waals surface area (Å²) in [5.41, 5.74) is 1.19. The zero-order valence-corrected chi connectivity index (χ0v) is 21.1. The fourth-order valence-electron chi connectivity index (χ4n) is 4.57. The summed E-state index contributed by atoms with van der Waals surface area (Å²) in [4.78, 5) is 35.2. The summed E-state index contributed by atoms with van der Waals surface area (Å²) in [6.45, 7) is 4.31. The van der Waals surface area contributed by atoms with Crippen molar-refractivity contribution in [3.8, 4) is 0 Å². The Bertz CT molecular complexity index is 835. The van der Waals surface area contributed by atoms with Crippen molar-refractivity contribution in [1.82, 2.24) is 5.32 Å². The molecule has 2 rings (SSSR count). The van der Waals surface area contributed by atoms with Gasteiger partial charge in [0.1, 0.15) is 12.4 Å². The number of hydrogen-bond donors (Lipinski definition) is 2. The van der Waals surface area contributed by atoms with Crippen LogP contribution in [0.15, 0.2) is 54.6 Å². The first-order valence-corrected chi connectivity index (χ1v) is 12.9. The molecule has 1 fully saturated rings. The minimum Gasteiger partial charge on any atom is -0.462 e. The van der Waals surface area contributed by atoms with E-state index in [0.29, 0.717) is 38.6 Å². The first kappa shape index (κ1) is 28.5. The van der Waals surface area contributed by atoms with E-state index in [9.17, 15) is 19.5 Å². The Morgan fingerprint density at radius 3 is 2.66 bits per heavy atom. The van der Waals surface area contributed by atoms with Crippen molar-refractivity contribution in [1.29, 1.82) is 0 Å². The number of nitrogens with one attached hydrogen (secondary N) is 1. The second-order valence-electron chi connectivity index (χ2n) is 9.19. The molecule has 0 aromatic heterocycles.